The van der Waals surface area contributed by atoms with Gasteiger partial charge in [-0.3, -0.25) is 4.57 Å². The zero-order valence-electron chi connectivity index (χ0n) is 9.63. The van der Waals surface area contributed by atoms with Crippen molar-refractivity contribution in [2.24, 2.45) is 0 Å². The third-order valence-electron chi connectivity index (χ3n) is 2.58. The molecule has 4 nitrogen and oxygen atoms in total. The highest BCUT2D eigenvalue weighted by atomic mass is 79.9. The maximum atomic E-state index is 5.55. The van der Waals surface area contributed by atoms with E-state index in [2.05, 4.69) is 20.9 Å². The number of rotatable bonds is 4. The molecule has 0 radical (unpaired) electrons. The Bertz CT molecular complexity index is 480. The standard InChI is InChI=1S/C12H13BrN2O2/c1-16-12(17-2,10-6-4-3-5-7-10)15-8-11(13)14-9-15/h3-9H,1-2H3. The summed E-state index contributed by atoms with van der Waals surface area (Å²) >= 11 is 3.31. The van der Waals surface area contributed by atoms with Gasteiger partial charge >= 0.3 is 0 Å². The fourth-order valence-corrected chi connectivity index (χ4v) is 2.10. The van der Waals surface area contributed by atoms with Gasteiger partial charge in [0.05, 0.1) is 0 Å². The van der Waals surface area contributed by atoms with E-state index in [4.69, 9.17) is 9.47 Å². The van der Waals surface area contributed by atoms with Gasteiger partial charge in [0.1, 0.15) is 10.9 Å². The van der Waals surface area contributed by atoms with Crippen molar-refractivity contribution in [1.29, 1.82) is 0 Å². The second-order valence-electron chi connectivity index (χ2n) is 3.46. The Labute approximate surface area is 108 Å². The second kappa shape index (κ2) is 5.00. The summed E-state index contributed by atoms with van der Waals surface area (Å²) in [6.07, 6.45) is 3.46. The van der Waals surface area contributed by atoms with Gasteiger partial charge in [0, 0.05) is 26.0 Å². The number of hydrogen-bond acceptors (Lipinski definition) is 3. The molecular weight excluding hydrogens is 284 g/mol. The SMILES string of the molecule is COC(OC)(c1ccccc1)n1cnc(Br)c1. The van der Waals surface area contributed by atoms with Crippen LogP contribution >= 0.6 is 15.9 Å². The van der Waals surface area contributed by atoms with Crippen molar-refractivity contribution in [2.75, 3.05) is 14.2 Å². The van der Waals surface area contributed by atoms with Crippen molar-refractivity contribution >= 4 is 15.9 Å². The van der Waals surface area contributed by atoms with Crippen molar-refractivity contribution in [3.05, 3.63) is 53.0 Å². The summed E-state index contributed by atoms with van der Waals surface area (Å²) in [5, 5.41) is 0. The molecule has 0 saturated heterocycles. The molecule has 0 aliphatic heterocycles. The highest BCUT2D eigenvalue weighted by Crippen LogP contribution is 2.28. The lowest BCUT2D eigenvalue weighted by Crippen LogP contribution is -2.38. The average Bonchev–Trinajstić information content (AvgIpc) is 2.80. The molecule has 1 heterocycles. The van der Waals surface area contributed by atoms with Crippen LogP contribution in [-0.4, -0.2) is 23.8 Å². The van der Waals surface area contributed by atoms with Crippen LogP contribution in [0, 0.1) is 0 Å². The van der Waals surface area contributed by atoms with E-state index >= 15 is 0 Å². The van der Waals surface area contributed by atoms with Crippen molar-refractivity contribution in [1.82, 2.24) is 9.55 Å². The number of nitrogens with zero attached hydrogens (tertiary/aromatic N) is 2. The van der Waals surface area contributed by atoms with E-state index in [0.29, 0.717) is 0 Å². The Hall–Kier alpha value is -1.17. The number of aromatic nitrogens is 2. The van der Waals surface area contributed by atoms with E-state index in [1.165, 1.54) is 0 Å². The molecule has 0 bridgehead atoms. The molecule has 0 saturated carbocycles. The van der Waals surface area contributed by atoms with Crippen LogP contribution in [0.4, 0.5) is 0 Å². The third-order valence-corrected chi connectivity index (χ3v) is 2.99. The third kappa shape index (κ3) is 2.13. The van der Waals surface area contributed by atoms with E-state index in [1.807, 2.05) is 30.3 Å². The molecule has 0 unspecified atom stereocenters. The van der Waals surface area contributed by atoms with Crippen LogP contribution in [-0.2, 0) is 15.4 Å². The van der Waals surface area contributed by atoms with Gasteiger partial charge in [-0.2, -0.15) is 0 Å². The van der Waals surface area contributed by atoms with E-state index in [0.717, 1.165) is 10.2 Å². The molecule has 0 N–H and O–H groups in total. The first kappa shape index (κ1) is 12.3. The fraction of sp³-hybridized carbons (Fsp3) is 0.250. The molecule has 0 aliphatic rings. The van der Waals surface area contributed by atoms with Gasteiger partial charge in [0.2, 0.25) is 0 Å². The van der Waals surface area contributed by atoms with E-state index < -0.39 is 5.91 Å². The first-order chi connectivity index (χ1) is 8.23. The quantitative estimate of drug-likeness (QED) is 0.814. The van der Waals surface area contributed by atoms with Crippen LogP contribution in [0.1, 0.15) is 5.56 Å². The maximum Gasteiger partial charge on any atom is 0.284 e. The first-order valence-corrected chi connectivity index (χ1v) is 5.88. The van der Waals surface area contributed by atoms with Gasteiger partial charge in [-0.05, 0) is 15.9 Å². The minimum atomic E-state index is -0.986. The predicted molar refractivity (Wildman–Crippen MR) is 67.5 cm³/mol. The molecule has 0 aliphatic carbocycles. The lowest BCUT2D eigenvalue weighted by Gasteiger charge is -2.31. The lowest BCUT2D eigenvalue weighted by molar-refractivity contribution is -0.236. The monoisotopic (exact) mass is 296 g/mol. The zero-order valence-corrected chi connectivity index (χ0v) is 11.2. The summed E-state index contributed by atoms with van der Waals surface area (Å²) in [4.78, 5) is 4.12. The smallest absolute Gasteiger partial charge is 0.284 e. The molecular formula is C12H13BrN2O2. The van der Waals surface area contributed by atoms with Crippen LogP contribution in [0.5, 0.6) is 0 Å². The molecule has 1 aromatic carbocycles. The van der Waals surface area contributed by atoms with Gasteiger partial charge in [-0.1, -0.05) is 30.3 Å². The molecule has 0 spiro atoms. The summed E-state index contributed by atoms with van der Waals surface area (Å²) in [6.45, 7) is 0. The van der Waals surface area contributed by atoms with Crippen molar-refractivity contribution in [3.63, 3.8) is 0 Å². The minimum Gasteiger partial charge on any atom is -0.332 e. The molecule has 0 atom stereocenters. The lowest BCUT2D eigenvalue weighted by atomic mass is 10.1. The van der Waals surface area contributed by atoms with Crippen molar-refractivity contribution < 1.29 is 9.47 Å². The van der Waals surface area contributed by atoms with Gasteiger partial charge in [-0.15, -0.1) is 0 Å². The Kier molecular flexibility index (Phi) is 3.61. The zero-order chi connectivity index (χ0) is 12.3. The normalized spacial score (nSPS) is 11.7. The summed E-state index contributed by atoms with van der Waals surface area (Å²) in [7, 11) is 3.20. The molecule has 1 aromatic heterocycles. The number of halogens is 1. The number of hydrogen-bond donors (Lipinski definition) is 0. The largest absolute Gasteiger partial charge is 0.332 e. The molecule has 17 heavy (non-hydrogen) atoms. The van der Waals surface area contributed by atoms with Gasteiger partial charge < -0.3 is 9.47 Å². The summed E-state index contributed by atoms with van der Waals surface area (Å²) < 4.78 is 13.6. The van der Waals surface area contributed by atoms with Crippen molar-refractivity contribution in [3.8, 4) is 0 Å². The van der Waals surface area contributed by atoms with E-state index in [9.17, 15) is 0 Å². The van der Waals surface area contributed by atoms with E-state index in [-0.39, 0.29) is 0 Å². The Morgan fingerprint density at radius 3 is 2.29 bits per heavy atom. The van der Waals surface area contributed by atoms with Gasteiger partial charge in [0.15, 0.2) is 0 Å². The molecule has 5 heteroatoms. The molecule has 0 fully saturated rings. The van der Waals surface area contributed by atoms with E-state index in [1.54, 1.807) is 31.3 Å². The highest BCUT2D eigenvalue weighted by molar-refractivity contribution is 9.10. The van der Waals surface area contributed by atoms with Gasteiger partial charge in [0.25, 0.3) is 5.91 Å². The summed E-state index contributed by atoms with van der Waals surface area (Å²) in [5.74, 6) is -0.986. The van der Waals surface area contributed by atoms with Gasteiger partial charge in [-0.25, -0.2) is 4.98 Å². The van der Waals surface area contributed by atoms with Crippen LogP contribution in [0.25, 0.3) is 0 Å². The predicted octanol–water partition coefficient (Wildman–Crippen LogP) is 2.60. The minimum absolute atomic E-state index is 0.729. The highest BCUT2D eigenvalue weighted by Gasteiger charge is 2.34. The Morgan fingerprint density at radius 2 is 1.82 bits per heavy atom. The second-order valence-corrected chi connectivity index (χ2v) is 4.27. The van der Waals surface area contributed by atoms with Crippen LogP contribution in [0.3, 0.4) is 0 Å². The molecule has 90 valence electrons. The maximum absolute atomic E-state index is 5.55. The Morgan fingerprint density at radius 1 is 1.18 bits per heavy atom. The van der Waals surface area contributed by atoms with Crippen LogP contribution < -0.4 is 0 Å². The fourth-order valence-electron chi connectivity index (χ4n) is 1.79. The Balaban J connectivity index is 2.53. The number of benzene rings is 1. The molecule has 2 aromatic rings. The molecule has 2 rings (SSSR count). The number of imidazole rings is 1. The topological polar surface area (TPSA) is 36.3 Å². The number of ether oxygens (including phenoxy) is 2. The summed E-state index contributed by atoms with van der Waals surface area (Å²) in [5.41, 5.74) is 0.898. The average molecular weight is 297 g/mol. The first-order valence-electron chi connectivity index (χ1n) is 5.08. The molecule has 0 amide bonds. The number of methoxy groups -OCH3 is 2. The van der Waals surface area contributed by atoms with Crippen molar-refractivity contribution in [2.45, 2.75) is 5.91 Å². The van der Waals surface area contributed by atoms with Crippen LogP contribution in [0.15, 0.2) is 47.5 Å². The summed E-state index contributed by atoms with van der Waals surface area (Å²) in [6, 6.07) is 9.72. The van der Waals surface area contributed by atoms with Crippen LogP contribution in [0.2, 0.25) is 0 Å².